The van der Waals surface area contributed by atoms with Gasteiger partial charge in [-0.15, -0.1) is 0 Å². The van der Waals surface area contributed by atoms with Crippen molar-refractivity contribution in [2.45, 2.75) is 25.7 Å². The molecular weight excluding hydrogens is 154 g/mol. The van der Waals surface area contributed by atoms with Gasteiger partial charge in [0.15, 0.2) is 0 Å². The van der Waals surface area contributed by atoms with E-state index in [2.05, 4.69) is 10.6 Å². The zero-order valence-electron chi connectivity index (χ0n) is 6.68. The standard InChI is InChI=1S/C8H10N3O/c9-8-10-6-4-2-1-3-5(6)7(12)11-8/h1-4H2,(H2,9,11,12). The number of rotatable bonds is 0. The summed E-state index contributed by atoms with van der Waals surface area (Å²) in [6.07, 6.45) is 3.82. The first-order valence-corrected chi connectivity index (χ1v) is 4.11. The van der Waals surface area contributed by atoms with Gasteiger partial charge in [0, 0.05) is 5.57 Å². The fourth-order valence-electron chi connectivity index (χ4n) is 1.60. The summed E-state index contributed by atoms with van der Waals surface area (Å²) in [7, 11) is 0. The van der Waals surface area contributed by atoms with Crippen molar-refractivity contribution < 1.29 is 4.79 Å². The van der Waals surface area contributed by atoms with Crippen LogP contribution in [0.1, 0.15) is 25.7 Å². The fourth-order valence-corrected chi connectivity index (χ4v) is 1.60. The first kappa shape index (κ1) is 7.34. The zero-order chi connectivity index (χ0) is 8.55. The second kappa shape index (κ2) is 2.62. The molecule has 1 aliphatic carbocycles. The molecule has 0 atom stereocenters. The highest BCUT2D eigenvalue weighted by molar-refractivity contribution is 6.08. The van der Waals surface area contributed by atoms with Gasteiger partial charge in [0.05, 0.1) is 5.70 Å². The van der Waals surface area contributed by atoms with E-state index in [-0.39, 0.29) is 11.9 Å². The number of allylic oxidation sites excluding steroid dienone is 1. The fraction of sp³-hybridized carbons (Fsp3) is 0.500. The van der Waals surface area contributed by atoms with Gasteiger partial charge in [-0.05, 0) is 25.7 Å². The Kier molecular flexibility index (Phi) is 1.60. The Labute approximate surface area is 70.5 Å². The number of nitrogens with one attached hydrogen (secondary N) is 2. The highest BCUT2D eigenvalue weighted by atomic mass is 16.2. The molecular formula is C8H10N3O. The molecule has 1 heterocycles. The Bertz CT molecular complexity index is 280. The van der Waals surface area contributed by atoms with E-state index in [4.69, 9.17) is 5.41 Å². The van der Waals surface area contributed by atoms with Crippen molar-refractivity contribution in [1.29, 1.82) is 5.41 Å². The van der Waals surface area contributed by atoms with Gasteiger partial charge in [0.25, 0.3) is 5.91 Å². The summed E-state index contributed by atoms with van der Waals surface area (Å²) in [6, 6.07) is 0. The molecule has 1 amide bonds. The van der Waals surface area contributed by atoms with Crippen LogP contribution in [0.15, 0.2) is 11.3 Å². The molecule has 2 rings (SSSR count). The summed E-state index contributed by atoms with van der Waals surface area (Å²) in [6.45, 7) is 0. The van der Waals surface area contributed by atoms with E-state index in [1.54, 1.807) is 0 Å². The summed E-state index contributed by atoms with van der Waals surface area (Å²) in [4.78, 5) is 11.3. The van der Waals surface area contributed by atoms with E-state index >= 15 is 0 Å². The molecule has 2 N–H and O–H groups in total. The molecule has 1 radical (unpaired) electrons. The largest absolute Gasteiger partial charge is 0.291 e. The molecule has 0 aromatic carbocycles. The zero-order valence-corrected chi connectivity index (χ0v) is 6.68. The van der Waals surface area contributed by atoms with Crippen LogP contribution in [-0.2, 0) is 4.79 Å². The quantitative estimate of drug-likeness (QED) is 0.537. The van der Waals surface area contributed by atoms with E-state index in [1.807, 2.05) is 0 Å². The molecule has 0 bridgehead atoms. The maximum absolute atomic E-state index is 11.3. The third-order valence-electron chi connectivity index (χ3n) is 2.19. The lowest BCUT2D eigenvalue weighted by Crippen LogP contribution is -2.43. The minimum Gasteiger partial charge on any atom is -0.291 e. The molecule has 4 nitrogen and oxygen atoms in total. The number of guanidine groups is 1. The van der Waals surface area contributed by atoms with Crippen LogP contribution in [-0.4, -0.2) is 11.9 Å². The molecule has 0 fully saturated rings. The first-order valence-electron chi connectivity index (χ1n) is 4.11. The molecule has 1 aliphatic heterocycles. The van der Waals surface area contributed by atoms with Crippen LogP contribution >= 0.6 is 0 Å². The molecule has 0 unspecified atom stereocenters. The number of hydrogen-bond donors (Lipinski definition) is 2. The molecule has 63 valence electrons. The summed E-state index contributed by atoms with van der Waals surface area (Å²) in [5.74, 6) is -0.134. The van der Waals surface area contributed by atoms with Crippen molar-refractivity contribution in [3.8, 4) is 0 Å². The average molecular weight is 164 g/mol. The van der Waals surface area contributed by atoms with Crippen molar-refractivity contribution in [2.24, 2.45) is 0 Å². The minimum atomic E-state index is -0.121. The second-order valence-electron chi connectivity index (χ2n) is 3.05. The minimum absolute atomic E-state index is 0.0133. The third kappa shape index (κ3) is 1.09. The van der Waals surface area contributed by atoms with Crippen LogP contribution in [0.2, 0.25) is 0 Å². The monoisotopic (exact) mass is 164 g/mol. The summed E-state index contributed by atoms with van der Waals surface area (Å²) >= 11 is 0. The van der Waals surface area contributed by atoms with Gasteiger partial charge >= 0.3 is 0 Å². The van der Waals surface area contributed by atoms with E-state index < -0.39 is 0 Å². The highest BCUT2D eigenvalue weighted by Gasteiger charge is 2.25. The lowest BCUT2D eigenvalue weighted by Gasteiger charge is -2.23. The van der Waals surface area contributed by atoms with E-state index in [0.29, 0.717) is 0 Å². The number of carbonyl (C=O) groups excluding carboxylic acids is 1. The van der Waals surface area contributed by atoms with Crippen LogP contribution in [0.3, 0.4) is 0 Å². The van der Waals surface area contributed by atoms with Gasteiger partial charge in [0.1, 0.15) is 0 Å². The van der Waals surface area contributed by atoms with Crippen LogP contribution in [0.5, 0.6) is 0 Å². The molecule has 0 saturated heterocycles. The van der Waals surface area contributed by atoms with Gasteiger partial charge in [-0.2, -0.15) is 0 Å². The summed E-state index contributed by atoms with van der Waals surface area (Å²) in [5.41, 5.74) is 1.62. The number of hydrogen-bond acceptors (Lipinski definition) is 2. The van der Waals surface area contributed by atoms with Gasteiger partial charge < -0.3 is 0 Å². The molecule has 4 heteroatoms. The van der Waals surface area contributed by atoms with Crippen LogP contribution in [0.25, 0.3) is 0 Å². The Hall–Kier alpha value is -1.32. The van der Waals surface area contributed by atoms with Gasteiger partial charge in [-0.1, -0.05) is 0 Å². The molecule has 12 heavy (non-hydrogen) atoms. The summed E-state index contributed by atoms with van der Waals surface area (Å²) < 4.78 is 0. The lowest BCUT2D eigenvalue weighted by atomic mass is 9.94. The number of nitrogens with zero attached hydrogens (tertiary/aromatic N) is 1. The van der Waals surface area contributed by atoms with Gasteiger partial charge in [-0.3, -0.25) is 15.5 Å². The molecule has 0 aromatic rings. The van der Waals surface area contributed by atoms with E-state index in [0.717, 1.165) is 37.0 Å². The van der Waals surface area contributed by atoms with E-state index in [1.165, 1.54) is 0 Å². The normalized spacial score (nSPS) is 23.0. The summed E-state index contributed by atoms with van der Waals surface area (Å²) in [5, 5.41) is 13.6. The third-order valence-corrected chi connectivity index (χ3v) is 2.19. The smallest absolute Gasteiger partial charge is 0.255 e. The van der Waals surface area contributed by atoms with Crippen LogP contribution in [0, 0.1) is 5.41 Å². The van der Waals surface area contributed by atoms with Crippen molar-refractivity contribution in [2.75, 3.05) is 0 Å². The Morgan fingerprint density at radius 1 is 1.33 bits per heavy atom. The highest BCUT2D eigenvalue weighted by Crippen LogP contribution is 2.25. The van der Waals surface area contributed by atoms with Crippen LogP contribution < -0.4 is 10.6 Å². The Morgan fingerprint density at radius 2 is 2.08 bits per heavy atom. The molecule has 0 spiro atoms. The molecule has 0 aromatic heterocycles. The average Bonchev–Trinajstić information content (AvgIpc) is 2.04. The second-order valence-corrected chi connectivity index (χ2v) is 3.05. The van der Waals surface area contributed by atoms with Gasteiger partial charge in [-0.25, -0.2) is 5.32 Å². The van der Waals surface area contributed by atoms with Crippen molar-refractivity contribution in [3.63, 3.8) is 0 Å². The molecule has 2 aliphatic rings. The van der Waals surface area contributed by atoms with Crippen molar-refractivity contribution in [1.82, 2.24) is 10.6 Å². The lowest BCUT2D eigenvalue weighted by molar-refractivity contribution is -0.116. The maximum atomic E-state index is 11.3. The van der Waals surface area contributed by atoms with Crippen molar-refractivity contribution in [3.05, 3.63) is 11.3 Å². The molecule has 0 saturated carbocycles. The Balaban J connectivity index is 2.32. The predicted octanol–water partition coefficient (Wildman–Crippen LogP) is 0.483. The Morgan fingerprint density at radius 3 is 2.92 bits per heavy atom. The van der Waals surface area contributed by atoms with Gasteiger partial charge in [0.2, 0.25) is 5.96 Å². The van der Waals surface area contributed by atoms with Crippen LogP contribution in [0.4, 0.5) is 0 Å². The SMILES string of the molecule is N=C1[N]C2=C(CCCC2)C(=O)N1. The number of amides is 1. The van der Waals surface area contributed by atoms with Crippen molar-refractivity contribution >= 4 is 11.9 Å². The predicted molar refractivity (Wildman–Crippen MR) is 43.5 cm³/mol. The maximum Gasteiger partial charge on any atom is 0.255 e. The first-order chi connectivity index (χ1) is 5.77. The number of carbonyl (C=O) groups is 1. The van der Waals surface area contributed by atoms with E-state index in [9.17, 15) is 4.79 Å². The topological polar surface area (TPSA) is 67.0 Å².